The van der Waals surface area contributed by atoms with Crippen molar-refractivity contribution in [1.29, 1.82) is 0 Å². The van der Waals surface area contributed by atoms with Crippen molar-refractivity contribution in [3.05, 3.63) is 17.1 Å². The Balaban J connectivity index is 2.42. The Hall–Kier alpha value is -1.16. The first-order chi connectivity index (χ1) is 8.08. The van der Waals surface area contributed by atoms with Crippen molar-refractivity contribution in [2.24, 2.45) is 0 Å². The number of hydrogen-bond acceptors (Lipinski definition) is 4. The second-order valence-electron chi connectivity index (χ2n) is 5.24. The highest BCUT2D eigenvalue weighted by Gasteiger charge is 2.18. The smallest absolute Gasteiger partial charge is 0.134 e. The SMILES string of the molecule is CC(C)Nc1nc(C(C)C)nc2c1CNCC2. The van der Waals surface area contributed by atoms with Crippen molar-refractivity contribution in [2.45, 2.75) is 52.6 Å². The minimum absolute atomic E-state index is 0.378. The lowest BCUT2D eigenvalue weighted by Gasteiger charge is -2.22. The molecule has 1 aromatic heterocycles. The van der Waals surface area contributed by atoms with E-state index in [-0.39, 0.29) is 0 Å². The highest BCUT2D eigenvalue weighted by Crippen LogP contribution is 2.23. The van der Waals surface area contributed by atoms with Crippen LogP contribution < -0.4 is 10.6 Å². The standard InChI is InChI=1S/C13H22N4/c1-8(2)12-16-11-5-6-14-7-10(11)13(17-12)15-9(3)4/h8-9,14H,5-7H2,1-4H3,(H,15,16,17). The quantitative estimate of drug-likeness (QED) is 0.840. The van der Waals surface area contributed by atoms with Crippen LogP contribution in [0.5, 0.6) is 0 Å². The zero-order chi connectivity index (χ0) is 12.4. The first kappa shape index (κ1) is 12.3. The van der Waals surface area contributed by atoms with Crippen LogP contribution in [-0.4, -0.2) is 22.6 Å². The lowest BCUT2D eigenvalue weighted by atomic mass is 10.1. The van der Waals surface area contributed by atoms with Crippen LogP contribution in [0.1, 0.15) is 50.7 Å². The van der Waals surface area contributed by atoms with Crippen LogP contribution in [0, 0.1) is 0 Å². The molecule has 1 aliphatic rings. The maximum absolute atomic E-state index is 4.69. The summed E-state index contributed by atoms with van der Waals surface area (Å²) >= 11 is 0. The van der Waals surface area contributed by atoms with Crippen molar-refractivity contribution >= 4 is 5.82 Å². The van der Waals surface area contributed by atoms with Crippen LogP contribution in [0.3, 0.4) is 0 Å². The van der Waals surface area contributed by atoms with Crippen molar-refractivity contribution in [3.8, 4) is 0 Å². The van der Waals surface area contributed by atoms with Crippen molar-refractivity contribution < 1.29 is 0 Å². The molecule has 1 aromatic rings. The third kappa shape index (κ3) is 2.75. The molecule has 2 rings (SSSR count). The number of hydrogen-bond donors (Lipinski definition) is 2. The minimum Gasteiger partial charge on any atom is -0.368 e. The summed E-state index contributed by atoms with van der Waals surface area (Å²) in [6, 6.07) is 0.399. The van der Waals surface area contributed by atoms with Crippen LogP contribution in [0.25, 0.3) is 0 Å². The van der Waals surface area contributed by atoms with Crippen molar-refractivity contribution in [2.75, 3.05) is 11.9 Å². The van der Waals surface area contributed by atoms with Crippen LogP contribution in [-0.2, 0) is 13.0 Å². The number of anilines is 1. The highest BCUT2D eigenvalue weighted by atomic mass is 15.1. The Bertz CT molecular complexity index is 399. The fraction of sp³-hybridized carbons (Fsp3) is 0.692. The Morgan fingerprint density at radius 2 is 1.94 bits per heavy atom. The van der Waals surface area contributed by atoms with Crippen LogP contribution in [0.4, 0.5) is 5.82 Å². The summed E-state index contributed by atoms with van der Waals surface area (Å²) in [5.41, 5.74) is 2.46. The topological polar surface area (TPSA) is 49.8 Å². The van der Waals surface area contributed by atoms with Gasteiger partial charge in [-0.15, -0.1) is 0 Å². The Morgan fingerprint density at radius 3 is 2.59 bits per heavy atom. The number of nitrogens with zero attached hydrogens (tertiary/aromatic N) is 2. The summed E-state index contributed by atoms with van der Waals surface area (Å²) in [5, 5.41) is 6.82. The first-order valence-corrected chi connectivity index (χ1v) is 6.45. The molecule has 17 heavy (non-hydrogen) atoms. The van der Waals surface area contributed by atoms with E-state index in [2.05, 4.69) is 48.3 Å². The van der Waals surface area contributed by atoms with Gasteiger partial charge in [-0.1, -0.05) is 13.8 Å². The van der Waals surface area contributed by atoms with Gasteiger partial charge in [-0.3, -0.25) is 0 Å². The number of nitrogens with one attached hydrogen (secondary N) is 2. The zero-order valence-corrected chi connectivity index (χ0v) is 11.2. The van der Waals surface area contributed by atoms with E-state index < -0.39 is 0 Å². The molecule has 0 unspecified atom stereocenters. The molecule has 4 heteroatoms. The van der Waals surface area contributed by atoms with Gasteiger partial charge in [0.2, 0.25) is 0 Å². The molecule has 0 fully saturated rings. The molecule has 0 amide bonds. The van der Waals surface area contributed by atoms with E-state index in [0.29, 0.717) is 12.0 Å². The average Bonchev–Trinajstić information content (AvgIpc) is 2.28. The predicted molar refractivity (Wildman–Crippen MR) is 70.3 cm³/mol. The molecule has 1 aliphatic heterocycles. The third-order valence-corrected chi connectivity index (χ3v) is 2.89. The molecule has 0 aromatic carbocycles. The van der Waals surface area contributed by atoms with Gasteiger partial charge < -0.3 is 10.6 Å². The Labute approximate surface area is 103 Å². The second kappa shape index (κ2) is 5.00. The average molecular weight is 234 g/mol. The summed E-state index contributed by atoms with van der Waals surface area (Å²) in [5.74, 6) is 2.34. The van der Waals surface area contributed by atoms with Gasteiger partial charge in [0.25, 0.3) is 0 Å². The first-order valence-electron chi connectivity index (χ1n) is 6.45. The van der Waals surface area contributed by atoms with Gasteiger partial charge in [-0.25, -0.2) is 9.97 Å². The molecular formula is C13H22N4. The summed E-state index contributed by atoms with van der Waals surface area (Å²) in [4.78, 5) is 9.35. The molecule has 0 saturated heterocycles. The molecule has 0 saturated carbocycles. The van der Waals surface area contributed by atoms with Gasteiger partial charge in [0.1, 0.15) is 11.6 Å². The molecule has 0 aliphatic carbocycles. The van der Waals surface area contributed by atoms with Gasteiger partial charge in [0.05, 0.1) is 5.69 Å². The molecule has 2 N–H and O–H groups in total. The molecule has 0 atom stereocenters. The monoisotopic (exact) mass is 234 g/mol. The number of rotatable bonds is 3. The molecule has 2 heterocycles. The second-order valence-corrected chi connectivity index (χ2v) is 5.24. The van der Waals surface area contributed by atoms with Crippen molar-refractivity contribution in [3.63, 3.8) is 0 Å². The highest BCUT2D eigenvalue weighted by molar-refractivity contribution is 5.48. The molecule has 0 bridgehead atoms. The maximum atomic E-state index is 4.69. The molecular weight excluding hydrogens is 212 g/mol. The van der Waals surface area contributed by atoms with E-state index in [4.69, 9.17) is 0 Å². The van der Waals surface area contributed by atoms with Crippen LogP contribution in [0.15, 0.2) is 0 Å². The summed E-state index contributed by atoms with van der Waals surface area (Å²) in [6.07, 6.45) is 1.00. The van der Waals surface area contributed by atoms with E-state index in [1.165, 1.54) is 11.3 Å². The van der Waals surface area contributed by atoms with Gasteiger partial charge in [-0.2, -0.15) is 0 Å². The van der Waals surface area contributed by atoms with Gasteiger partial charge in [-0.05, 0) is 13.8 Å². The van der Waals surface area contributed by atoms with E-state index in [9.17, 15) is 0 Å². The maximum Gasteiger partial charge on any atom is 0.134 e. The summed E-state index contributed by atoms with van der Waals surface area (Å²) < 4.78 is 0. The third-order valence-electron chi connectivity index (χ3n) is 2.89. The fourth-order valence-corrected chi connectivity index (χ4v) is 2.01. The summed E-state index contributed by atoms with van der Waals surface area (Å²) in [7, 11) is 0. The number of aromatic nitrogens is 2. The molecule has 4 nitrogen and oxygen atoms in total. The largest absolute Gasteiger partial charge is 0.368 e. The van der Waals surface area contributed by atoms with Gasteiger partial charge >= 0.3 is 0 Å². The Morgan fingerprint density at radius 1 is 1.18 bits per heavy atom. The normalized spacial score (nSPS) is 15.2. The van der Waals surface area contributed by atoms with E-state index in [1.54, 1.807) is 0 Å². The van der Waals surface area contributed by atoms with Crippen LogP contribution >= 0.6 is 0 Å². The number of fused-ring (bicyclic) bond motifs is 1. The van der Waals surface area contributed by atoms with E-state index >= 15 is 0 Å². The minimum atomic E-state index is 0.378. The van der Waals surface area contributed by atoms with Gasteiger partial charge in [0, 0.05) is 37.0 Å². The van der Waals surface area contributed by atoms with Crippen LogP contribution in [0.2, 0.25) is 0 Å². The lowest BCUT2D eigenvalue weighted by molar-refractivity contribution is 0.614. The molecule has 0 spiro atoms. The zero-order valence-electron chi connectivity index (χ0n) is 11.2. The predicted octanol–water partition coefficient (Wildman–Crippen LogP) is 2.07. The van der Waals surface area contributed by atoms with Gasteiger partial charge in [0.15, 0.2) is 0 Å². The molecule has 0 radical (unpaired) electrons. The molecule has 94 valence electrons. The summed E-state index contributed by atoms with van der Waals surface area (Å²) in [6.45, 7) is 10.5. The van der Waals surface area contributed by atoms with Crippen molar-refractivity contribution in [1.82, 2.24) is 15.3 Å². The fourth-order valence-electron chi connectivity index (χ4n) is 2.01. The van der Waals surface area contributed by atoms with E-state index in [1.807, 2.05) is 0 Å². The van der Waals surface area contributed by atoms with E-state index in [0.717, 1.165) is 31.2 Å². The lowest BCUT2D eigenvalue weighted by Crippen LogP contribution is -2.28. The Kier molecular flexibility index (Phi) is 3.62.